The SMILES string of the molecule is Cc1ccc(-c2ccc3c(c2)c2ccccc2c2nnc(-c4ccc(I)cc4)n32)cc1. The molecule has 0 aliphatic rings. The standard InChI is InChI=1S/C27H18IN3/c1-17-6-8-18(9-7-17)20-12-15-25-24(16-20)22-4-2-3-5-23(22)27-30-29-26(31(25)27)19-10-13-21(28)14-11-19/h2-16H,1H3. The van der Waals surface area contributed by atoms with E-state index >= 15 is 0 Å². The molecule has 0 spiro atoms. The second-order valence-corrected chi connectivity index (χ2v) is 9.08. The van der Waals surface area contributed by atoms with Gasteiger partial charge in [-0.2, -0.15) is 0 Å². The van der Waals surface area contributed by atoms with Crippen LogP contribution < -0.4 is 0 Å². The Bertz CT molecular complexity index is 1580. The van der Waals surface area contributed by atoms with Gasteiger partial charge < -0.3 is 0 Å². The van der Waals surface area contributed by atoms with Gasteiger partial charge >= 0.3 is 0 Å². The van der Waals surface area contributed by atoms with Crippen LogP contribution in [0.5, 0.6) is 0 Å². The first-order valence-corrected chi connectivity index (χ1v) is 11.3. The molecule has 0 aliphatic carbocycles. The van der Waals surface area contributed by atoms with Crippen LogP contribution in [0.15, 0.2) is 91.0 Å². The highest BCUT2D eigenvalue weighted by Gasteiger charge is 2.16. The fraction of sp³-hybridized carbons (Fsp3) is 0.0370. The molecular weight excluding hydrogens is 493 g/mol. The Morgan fingerprint density at radius 2 is 1.32 bits per heavy atom. The van der Waals surface area contributed by atoms with E-state index in [4.69, 9.17) is 0 Å². The van der Waals surface area contributed by atoms with Crippen molar-refractivity contribution in [2.75, 3.05) is 0 Å². The molecule has 3 nitrogen and oxygen atoms in total. The lowest BCUT2D eigenvalue weighted by atomic mass is 9.99. The minimum absolute atomic E-state index is 0.866. The third-order valence-electron chi connectivity index (χ3n) is 5.85. The van der Waals surface area contributed by atoms with Gasteiger partial charge in [-0.3, -0.25) is 4.40 Å². The summed E-state index contributed by atoms with van der Waals surface area (Å²) in [5.74, 6) is 0.866. The van der Waals surface area contributed by atoms with Crippen LogP contribution in [-0.2, 0) is 0 Å². The van der Waals surface area contributed by atoms with E-state index in [1.165, 1.54) is 31.0 Å². The highest BCUT2D eigenvalue weighted by atomic mass is 127. The number of aryl methyl sites for hydroxylation is 1. The molecule has 0 unspecified atom stereocenters. The molecule has 0 saturated carbocycles. The zero-order valence-electron chi connectivity index (χ0n) is 16.9. The lowest BCUT2D eigenvalue weighted by Gasteiger charge is -2.12. The van der Waals surface area contributed by atoms with Crippen molar-refractivity contribution < 1.29 is 0 Å². The number of fused-ring (bicyclic) bond motifs is 6. The molecule has 6 aromatic rings. The van der Waals surface area contributed by atoms with Crippen LogP contribution >= 0.6 is 22.6 Å². The van der Waals surface area contributed by atoms with Crippen LogP contribution in [0.4, 0.5) is 0 Å². The minimum Gasteiger partial charge on any atom is -0.274 e. The lowest BCUT2D eigenvalue weighted by Crippen LogP contribution is -1.95. The Hall–Kier alpha value is -3.25. The van der Waals surface area contributed by atoms with Crippen LogP contribution in [-0.4, -0.2) is 14.6 Å². The van der Waals surface area contributed by atoms with E-state index in [1.54, 1.807) is 0 Å². The number of rotatable bonds is 2. The largest absolute Gasteiger partial charge is 0.274 e. The van der Waals surface area contributed by atoms with Crippen molar-refractivity contribution in [2.45, 2.75) is 6.92 Å². The molecule has 6 rings (SSSR count). The van der Waals surface area contributed by atoms with E-state index in [2.05, 4.69) is 135 Å². The summed E-state index contributed by atoms with van der Waals surface area (Å²) < 4.78 is 3.40. The molecule has 2 heterocycles. The van der Waals surface area contributed by atoms with Crippen LogP contribution in [0.25, 0.3) is 49.8 Å². The van der Waals surface area contributed by atoms with Crippen molar-refractivity contribution >= 4 is 49.9 Å². The van der Waals surface area contributed by atoms with Gasteiger partial charge in [-0.05, 0) is 70.3 Å². The molecule has 0 radical (unpaired) electrons. The second-order valence-electron chi connectivity index (χ2n) is 7.83. The van der Waals surface area contributed by atoms with Gasteiger partial charge in [0.05, 0.1) is 5.52 Å². The van der Waals surface area contributed by atoms with Gasteiger partial charge in [0.1, 0.15) is 0 Å². The van der Waals surface area contributed by atoms with E-state index < -0.39 is 0 Å². The van der Waals surface area contributed by atoms with Crippen molar-refractivity contribution in [2.24, 2.45) is 0 Å². The van der Waals surface area contributed by atoms with Crippen molar-refractivity contribution in [3.05, 3.63) is 100 Å². The molecular formula is C27H18IN3. The summed E-state index contributed by atoms with van der Waals surface area (Å²) in [5.41, 5.74) is 6.76. The number of nitrogens with zero attached hydrogens (tertiary/aromatic N) is 3. The Morgan fingerprint density at radius 3 is 2.10 bits per heavy atom. The van der Waals surface area contributed by atoms with Crippen molar-refractivity contribution in [1.82, 2.24) is 14.6 Å². The normalized spacial score (nSPS) is 11.5. The maximum atomic E-state index is 4.60. The number of hydrogen-bond acceptors (Lipinski definition) is 2. The van der Waals surface area contributed by atoms with Crippen LogP contribution in [0.2, 0.25) is 0 Å². The molecule has 0 atom stereocenters. The van der Waals surface area contributed by atoms with Crippen molar-refractivity contribution in [1.29, 1.82) is 0 Å². The van der Waals surface area contributed by atoms with Gasteiger partial charge in [0.15, 0.2) is 11.5 Å². The van der Waals surface area contributed by atoms with E-state index in [9.17, 15) is 0 Å². The number of aromatic nitrogens is 3. The van der Waals surface area contributed by atoms with Crippen LogP contribution in [0.3, 0.4) is 0 Å². The Morgan fingerprint density at radius 1 is 0.645 bits per heavy atom. The average Bonchev–Trinajstić information content (AvgIpc) is 3.25. The topological polar surface area (TPSA) is 30.2 Å². The van der Waals surface area contributed by atoms with Crippen molar-refractivity contribution in [3.8, 4) is 22.5 Å². The summed E-state index contributed by atoms with van der Waals surface area (Å²) in [7, 11) is 0. The minimum atomic E-state index is 0.866. The summed E-state index contributed by atoms with van der Waals surface area (Å²) >= 11 is 2.33. The van der Waals surface area contributed by atoms with Crippen LogP contribution in [0, 0.1) is 10.5 Å². The molecule has 0 amide bonds. The lowest BCUT2D eigenvalue weighted by molar-refractivity contribution is 1.12. The number of hydrogen-bond donors (Lipinski definition) is 0. The van der Waals surface area contributed by atoms with Gasteiger partial charge in [0, 0.05) is 19.9 Å². The summed E-state index contributed by atoms with van der Waals surface area (Å²) in [6.07, 6.45) is 0. The Balaban J connectivity index is 1.71. The zero-order chi connectivity index (χ0) is 20.9. The molecule has 0 fully saturated rings. The summed E-state index contributed by atoms with van der Waals surface area (Å²) in [4.78, 5) is 0. The van der Waals surface area contributed by atoms with E-state index in [0.717, 1.165) is 27.9 Å². The predicted octanol–water partition coefficient (Wildman–Crippen LogP) is 7.28. The molecule has 4 aromatic carbocycles. The fourth-order valence-corrected chi connectivity index (χ4v) is 4.62. The monoisotopic (exact) mass is 511 g/mol. The molecule has 0 aliphatic heterocycles. The smallest absolute Gasteiger partial charge is 0.169 e. The van der Waals surface area contributed by atoms with E-state index in [-0.39, 0.29) is 0 Å². The molecule has 2 aromatic heterocycles. The predicted molar refractivity (Wildman–Crippen MR) is 136 cm³/mol. The maximum absolute atomic E-state index is 4.60. The molecule has 0 N–H and O–H groups in total. The molecule has 0 bridgehead atoms. The van der Waals surface area contributed by atoms with E-state index in [0.29, 0.717) is 0 Å². The summed E-state index contributed by atoms with van der Waals surface area (Å²) in [6, 6.07) is 32.3. The zero-order valence-corrected chi connectivity index (χ0v) is 19.0. The van der Waals surface area contributed by atoms with Gasteiger partial charge in [-0.1, -0.05) is 72.3 Å². The van der Waals surface area contributed by atoms with Crippen molar-refractivity contribution in [3.63, 3.8) is 0 Å². The number of benzene rings is 4. The molecule has 31 heavy (non-hydrogen) atoms. The number of pyridine rings is 1. The van der Waals surface area contributed by atoms with Gasteiger partial charge in [0.25, 0.3) is 0 Å². The average molecular weight is 511 g/mol. The third-order valence-corrected chi connectivity index (χ3v) is 6.57. The van der Waals surface area contributed by atoms with E-state index in [1.807, 2.05) is 0 Å². The van der Waals surface area contributed by atoms with Gasteiger partial charge in [0.2, 0.25) is 0 Å². The highest BCUT2D eigenvalue weighted by molar-refractivity contribution is 14.1. The first kappa shape index (κ1) is 18.5. The molecule has 148 valence electrons. The summed E-state index contributed by atoms with van der Waals surface area (Å²) in [5, 5.41) is 12.7. The first-order chi connectivity index (χ1) is 15.2. The Kier molecular flexibility index (Phi) is 4.28. The molecule has 0 saturated heterocycles. The first-order valence-electron chi connectivity index (χ1n) is 10.2. The maximum Gasteiger partial charge on any atom is 0.169 e. The third kappa shape index (κ3) is 3.01. The second kappa shape index (κ2) is 7.17. The van der Waals surface area contributed by atoms with Gasteiger partial charge in [-0.25, -0.2) is 0 Å². The highest BCUT2D eigenvalue weighted by Crippen LogP contribution is 2.34. The molecule has 4 heteroatoms. The summed E-state index contributed by atoms with van der Waals surface area (Å²) in [6.45, 7) is 2.12. The van der Waals surface area contributed by atoms with Gasteiger partial charge in [-0.15, -0.1) is 10.2 Å². The van der Waals surface area contributed by atoms with Crippen LogP contribution in [0.1, 0.15) is 5.56 Å². The fourth-order valence-electron chi connectivity index (χ4n) is 4.26. The number of halogens is 1. The Labute approximate surface area is 193 Å². The quantitative estimate of drug-likeness (QED) is 0.181.